The molecule has 2 aromatic rings. The first-order valence-corrected chi connectivity index (χ1v) is 8.82. The Balaban J connectivity index is 2.37. The average Bonchev–Trinajstić information content (AvgIpc) is 2.79. The van der Waals surface area contributed by atoms with E-state index >= 15 is 0 Å². The second-order valence-corrected chi connectivity index (χ2v) is 7.71. The lowest BCUT2D eigenvalue weighted by atomic mass is 10.2. The molecule has 0 aliphatic carbocycles. The summed E-state index contributed by atoms with van der Waals surface area (Å²) in [6, 6.07) is 7.77. The van der Waals surface area contributed by atoms with Crippen LogP contribution in [0.1, 0.15) is 29.1 Å². The molecule has 2 rings (SSSR count). The van der Waals surface area contributed by atoms with Crippen molar-refractivity contribution in [2.45, 2.75) is 26.8 Å². The molecular weight excluding hydrogens is 306 g/mol. The number of hydrogen-bond acceptors (Lipinski definition) is 4. The van der Waals surface area contributed by atoms with Crippen molar-refractivity contribution < 1.29 is 8.42 Å². The normalized spacial score (nSPS) is 13.6. The standard InChI is InChI=1S/C14H19N3O2S2/c1-9-5-7-12(8-6-9)14-16-10(2)13(20-14)11(3)17(4)21(15,18)19/h5-8,11H,1-4H3,(H2,15,18,19)/t11-/m0/s1. The second kappa shape index (κ2) is 5.84. The maximum absolute atomic E-state index is 11.5. The van der Waals surface area contributed by atoms with Crippen LogP contribution in [-0.2, 0) is 10.2 Å². The molecule has 2 N–H and O–H groups in total. The fourth-order valence-corrected chi connectivity index (χ4v) is 3.78. The predicted octanol–water partition coefficient (Wildman–Crippen LogP) is 2.62. The van der Waals surface area contributed by atoms with Gasteiger partial charge in [-0.3, -0.25) is 0 Å². The molecule has 21 heavy (non-hydrogen) atoms. The van der Waals surface area contributed by atoms with Gasteiger partial charge in [-0.2, -0.15) is 12.7 Å². The van der Waals surface area contributed by atoms with Gasteiger partial charge in [0.1, 0.15) is 5.01 Å². The van der Waals surface area contributed by atoms with Gasteiger partial charge >= 0.3 is 0 Å². The molecule has 5 nitrogen and oxygen atoms in total. The molecule has 0 aliphatic rings. The summed E-state index contributed by atoms with van der Waals surface area (Å²) in [5.41, 5.74) is 3.05. The fraction of sp³-hybridized carbons (Fsp3) is 0.357. The highest BCUT2D eigenvalue weighted by molar-refractivity contribution is 7.86. The molecule has 0 saturated carbocycles. The van der Waals surface area contributed by atoms with Gasteiger partial charge in [0.25, 0.3) is 10.2 Å². The summed E-state index contributed by atoms with van der Waals surface area (Å²) >= 11 is 1.50. The van der Waals surface area contributed by atoms with Gasteiger partial charge in [0, 0.05) is 17.5 Å². The number of aryl methyl sites for hydroxylation is 2. The van der Waals surface area contributed by atoms with Crippen molar-refractivity contribution >= 4 is 21.5 Å². The first-order valence-electron chi connectivity index (χ1n) is 6.50. The Labute approximate surface area is 129 Å². The second-order valence-electron chi connectivity index (χ2n) is 5.07. The van der Waals surface area contributed by atoms with Crippen LogP contribution in [0.5, 0.6) is 0 Å². The number of nitrogens with two attached hydrogens (primary N) is 1. The smallest absolute Gasteiger partial charge is 0.241 e. The summed E-state index contributed by atoms with van der Waals surface area (Å²) in [6.45, 7) is 5.73. The number of nitrogens with zero attached hydrogens (tertiary/aromatic N) is 2. The van der Waals surface area contributed by atoms with Crippen LogP contribution in [0.4, 0.5) is 0 Å². The molecule has 1 aromatic carbocycles. The quantitative estimate of drug-likeness (QED) is 0.939. The number of thiazole rings is 1. The molecule has 0 saturated heterocycles. The molecule has 0 spiro atoms. The minimum atomic E-state index is -3.72. The van der Waals surface area contributed by atoms with Crippen molar-refractivity contribution in [1.82, 2.24) is 9.29 Å². The van der Waals surface area contributed by atoms with Crippen molar-refractivity contribution in [3.8, 4) is 10.6 Å². The van der Waals surface area contributed by atoms with Crippen molar-refractivity contribution in [3.63, 3.8) is 0 Å². The lowest BCUT2D eigenvalue weighted by molar-refractivity contribution is 0.402. The number of hydrogen-bond donors (Lipinski definition) is 1. The number of aromatic nitrogens is 1. The predicted molar refractivity (Wildman–Crippen MR) is 86.3 cm³/mol. The Morgan fingerprint density at radius 3 is 2.33 bits per heavy atom. The van der Waals surface area contributed by atoms with Crippen LogP contribution in [-0.4, -0.2) is 24.8 Å². The number of rotatable bonds is 4. The molecule has 7 heteroatoms. The molecule has 0 fully saturated rings. The van der Waals surface area contributed by atoms with Gasteiger partial charge in [0.05, 0.1) is 11.7 Å². The summed E-state index contributed by atoms with van der Waals surface area (Å²) in [4.78, 5) is 5.46. The van der Waals surface area contributed by atoms with Gasteiger partial charge in [-0.05, 0) is 20.8 Å². The van der Waals surface area contributed by atoms with Crippen molar-refractivity contribution in [2.24, 2.45) is 5.14 Å². The highest BCUT2D eigenvalue weighted by Gasteiger charge is 2.24. The van der Waals surface area contributed by atoms with Gasteiger partial charge in [0.15, 0.2) is 0 Å². The summed E-state index contributed by atoms with van der Waals surface area (Å²) < 4.78 is 24.1. The zero-order chi connectivity index (χ0) is 15.8. The zero-order valence-electron chi connectivity index (χ0n) is 12.5. The van der Waals surface area contributed by atoms with E-state index in [0.717, 1.165) is 25.4 Å². The Morgan fingerprint density at radius 1 is 1.24 bits per heavy atom. The molecule has 0 amide bonds. The fourth-order valence-electron chi connectivity index (χ4n) is 2.00. The van der Waals surface area contributed by atoms with Crippen LogP contribution >= 0.6 is 11.3 Å². The van der Waals surface area contributed by atoms with E-state index < -0.39 is 10.2 Å². The zero-order valence-corrected chi connectivity index (χ0v) is 14.1. The molecular formula is C14H19N3O2S2. The maximum atomic E-state index is 11.5. The Hall–Kier alpha value is -1.28. The van der Waals surface area contributed by atoms with E-state index in [1.165, 1.54) is 23.9 Å². The van der Waals surface area contributed by atoms with E-state index in [2.05, 4.69) is 4.98 Å². The van der Waals surface area contributed by atoms with Crippen LogP contribution in [0, 0.1) is 13.8 Å². The first kappa shape index (κ1) is 16.1. The Kier molecular flexibility index (Phi) is 4.48. The van der Waals surface area contributed by atoms with E-state index in [1.54, 1.807) is 0 Å². The van der Waals surface area contributed by atoms with Crippen LogP contribution in [0.2, 0.25) is 0 Å². The summed E-state index contributed by atoms with van der Waals surface area (Å²) in [6.07, 6.45) is 0. The maximum Gasteiger partial charge on any atom is 0.277 e. The van der Waals surface area contributed by atoms with Crippen molar-refractivity contribution in [3.05, 3.63) is 40.4 Å². The third kappa shape index (κ3) is 3.49. The lowest BCUT2D eigenvalue weighted by Gasteiger charge is -2.20. The molecule has 0 unspecified atom stereocenters. The number of benzene rings is 1. The molecule has 0 radical (unpaired) electrons. The highest BCUT2D eigenvalue weighted by atomic mass is 32.2. The third-order valence-corrected chi connectivity index (χ3v) is 5.95. The van der Waals surface area contributed by atoms with Crippen molar-refractivity contribution in [2.75, 3.05) is 7.05 Å². The summed E-state index contributed by atoms with van der Waals surface area (Å²) in [5, 5.41) is 6.07. The molecule has 0 aliphatic heterocycles. The van der Waals surface area contributed by atoms with Gasteiger partial charge in [0.2, 0.25) is 0 Å². The average molecular weight is 325 g/mol. The molecule has 0 bridgehead atoms. The monoisotopic (exact) mass is 325 g/mol. The lowest BCUT2D eigenvalue weighted by Crippen LogP contribution is -2.35. The van der Waals surface area contributed by atoms with Crippen LogP contribution in [0.25, 0.3) is 10.6 Å². The van der Waals surface area contributed by atoms with Crippen molar-refractivity contribution in [1.29, 1.82) is 0 Å². The SMILES string of the molecule is Cc1ccc(-c2nc(C)c([C@H](C)N(C)S(N)(=O)=O)s2)cc1. The van der Waals surface area contributed by atoms with Gasteiger partial charge in [-0.1, -0.05) is 29.8 Å². The van der Waals surface area contributed by atoms with E-state index in [4.69, 9.17) is 5.14 Å². The molecule has 114 valence electrons. The van der Waals surface area contributed by atoms with Gasteiger partial charge < -0.3 is 0 Å². The Morgan fingerprint density at radius 2 is 1.81 bits per heavy atom. The molecule has 1 aromatic heterocycles. The third-order valence-electron chi connectivity index (χ3n) is 3.46. The first-order chi connectivity index (χ1) is 9.70. The van der Waals surface area contributed by atoms with E-state index in [-0.39, 0.29) is 6.04 Å². The van der Waals surface area contributed by atoms with Crippen LogP contribution in [0.15, 0.2) is 24.3 Å². The Bertz CT molecular complexity index is 736. The topological polar surface area (TPSA) is 76.3 Å². The van der Waals surface area contributed by atoms with E-state index in [0.29, 0.717) is 0 Å². The molecule has 1 atom stereocenters. The van der Waals surface area contributed by atoms with Crippen LogP contribution < -0.4 is 5.14 Å². The van der Waals surface area contributed by atoms with Crippen LogP contribution in [0.3, 0.4) is 0 Å². The van der Waals surface area contributed by atoms with E-state index in [1.807, 2.05) is 45.0 Å². The summed E-state index contributed by atoms with van der Waals surface area (Å²) in [7, 11) is -2.24. The summed E-state index contributed by atoms with van der Waals surface area (Å²) in [5.74, 6) is 0. The largest absolute Gasteiger partial charge is 0.277 e. The van der Waals surface area contributed by atoms with Gasteiger partial charge in [-0.15, -0.1) is 11.3 Å². The van der Waals surface area contributed by atoms with Gasteiger partial charge in [-0.25, -0.2) is 10.1 Å². The minimum absolute atomic E-state index is 0.336. The highest BCUT2D eigenvalue weighted by Crippen LogP contribution is 2.34. The molecule has 1 heterocycles. The van der Waals surface area contributed by atoms with E-state index in [9.17, 15) is 8.42 Å². The minimum Gasteiger partial charge on any atom is -0.241 e.